The van der Waals surface area contributed by atoms with Gasteiger partial charge in [0.25, 0.3) is 17.4 Å². The Morgan fingerprint density at radius 2 is 1.81 bits per heavy atom. The van der Waals surface area contributed by atoms with Crippen LogP contribution in [0.25, 0.3) is 5.76 Å². The van der Waals surface area contributed by atoms with Crippen LogP contribution >= 0.6 is 0 Å². The van der Waals surface area contributed by atoms with E-state index in [0.29, 0.717) is 35.0 Å². The van der Waals surface area contributed by atoms with Gasteiger partial charge < -0.3 is 14.7 Å². The van der Waals surface area contributed by atoms with Crippen molar-refractivity contribution < 1.29 is 24.4 Å². The van der Waals surface area contributed by atoms with Crippen LogP contribution in [0.2, 0.25) is 0 Å². The number of pyridine rings is 1. The average molecular weight is 488 g/mol. The van der Waals surface area contributed by atoms with Crippen molar-refractivity contribution in [1.29, 1.82) is 0 Å². The summed E-state index contributed by atoms with van der Waals surface area (Å²) in [5.74, 6) is -0.985. The minimum Gasteiger partial charge on any atom is -0.507 e. The largest absolute Gasteiger partial charge is 0.507 e. The molecule has 4 rings (SSSR count). The van der Waals surface area contributed by atoms with Gasteiger partial charge in [0.2, 0.25) is 0 Å². The zero-order chi connectivity index (χ0) is 25.8. The molecule has 1 amide bonds. The van der Waals surface area contributed by atoms with E-state index in [1.54, 1.807) is 48.8 Å². The number of benzene rings is 2. The summed E-state index contributed by atoms with van der Waals surface area (Å²) < 4.78 is 5.68. The summed E-state index contributed by atoms with van der Waals surface area (Å²) in [4.78, 5) is 42.3. The lowest BCUT2D eigenvalue weighted by molar-refractivity contribution is -0.384. The molecule has 0 bridgehead atoms. The topological polar surface area (TPSA) is 123 Å². The lowest BCUT2D eigenvalue weighted by Crippen LogP contribution is -2.29. The highest BCUT2D eigenvalue weighted by Crippen LogP contribution is 2.40. The molecular formula is C27H25N3O6. The minimum absolute atomic E-state index is 0.0683. The second-order valence-corrected chi connectivity index (χ2v) is 8.87. The first-order valence-electron chi connectivity index (χ1n) is 11.4. The predicted octanol–water partition coefficient (Wildman–Crippen LogP) is 4.65. The van der Waals surface area contributed by atoms with Crippen molar-refractivity contribution in [3.05, 3.63) is 105 Å². The van der Waals surface area contributed by atoms with E-state index in [0.717, 1.165) is 0 Å². The van der Waals surface area contributed by atoms with Crippen LogP contribution in [-0.2, 0) is 16.1 Å². The molecule has 0 saturated carbocycles. The standard InChI is InChI=1S/C27H25N3O6/c1-17(2)16-36-22-11-7-20(8-12-22)25(31)23-24(19-5-9-21(10-6-19)30(34)35)29(27(33)26(23)32)15-18-4-3-13-28-14-18/h3-14,17,24,31H,15-16H2,1-2H3/b25-23+. The third-order valence-electron chi connectivity index (χ3n) is 5.75. The van der Waals surface area contributed by atoms with Crippen molar-refractivity contribution >= 4 is 23.1 Å². The highest BCUT2D eigenvalue weighted by atomic mass is 16.6. The zero-order valence-electron chi connectivity index (χ0n) is 19.8. The Kier molecular flexibility index (Phi) is 7.10. The number of likely N-dealkylation sites (tertiary alicyclic amines) is 1. The Balaban J connectivity index is 1.77. The molecule has 1 unspecified atom stereocenters. The number of aliphatic hydroxyl groups excluding tert-OH is 1. The van der Waals surface area contributed by atoms with Crippen LogP contribution in [0.1, 0.15) is 36.6 Å². The molecule has 0 spiro atoms. The smallest absolute Gasteiger partial charge is 0.295 e. The van der Waals surface area contributed by atoms with Gasteiger partial charge in [0.15, 0.2) is 0 Å². The van der Waals surface area contributed by atoms with E-state index in [1.165, 1.54) is 29.2 Å². The molecule has 0 aliphatic carbocycles. The second kappa shape index (κ2) is 10.4. The predicted molar refractivity (Wildman–Crippen MR) is 132 cm³/mol. The number of nitrogens with zero attached hydrogens (tertiary/aromatic N) is 3. The molecular weight excluding hydrogens is 462 g/mol. The number of carbonyl (C=O) groups is 2. The maximum atomic E-state index is 13.2. The molecule has 1 N–H and O–H groups in total. The minimum atomic E-state index is -0.942. The number of non-ortho nitro benzene ring substituents is 1. The fraction of sp³-hybridized carbons (Fsp3) is 0.222. The first-order chi connectivity index (χ1) is 17.3. The molecule has 1 saturated heterocycles. The normalized spacial score (nSPS) is 17.0. The summed E-state index contributed by atoms with van der Waals surface area (Å²) in [6.07, 6.45) is 3.18. The van der Waals surface area contributed by atoms with Crippen molar-refractivity contribution in [3.8, 4) is 5.75 Å². The van der Waals surface area contributed by atoms with Gasteiger partial charge in [-0.25, -0.2) is 0 Å². The molecule has 1 aliphatic heterocycles. The number of ketones is 1. The number of ether oxygens (including phenoxy) is 1. The van der Waals surface area contributed by atoms with Gasteiger partial charge >= 0.3 is 0 Å². The molecule has 1 aliphatic rings. The van der Waals surface area contributed by atoms with E-state index in [9.17, 15) is 24.8 Å². The number of aliphatic hydroxyl groups is 1. The highest BCUT2D eigenvalue weighted by molar-refractivity contribution is 6.46. The first kappa shape index (κ1) is 24.6. The first-order valence-corrected chi connectivity index (χ1v) is 11.4. The number of amides is 1. The van der Waals surface area contributed by atoms with Crippen LogP contribution in [0, 0.1) is 16.0 Å². The molecule has 184 valence electrons. The summed E-state index contributed by atoms with van der Waals surface area (Å²) in [6, 6.07) is 14.7. The maximum absolute atomic E-state index is 13.2. The molecule has 36 heavy (non-hydrogen) atoms. The van der Waals surface area contributed by atoms with E-state index in [2.05, 4.69) is 4.98 Å². The maximum Gasteiger partial charge on any atom is 0.295 e. The number of nitro benzene ring substituents is 1. The van der Waals surface area contributed by atoms with Gasteiger partial charge in [0.05, 0.1) is 23.1 Å². The van der Waals surface area contributed by atoms with Crippen molar-refractivity contribution in [1.82, 2.24) is 9.88 Å². The van der Waals surface area contributed by atoms with Gasteiger partial charge in [-0.2, -0.15) is 0 Å². The van der Waals surface area contributed by atoms with Crippen LogP contribution in [-0.4, -0.2) is 38.2 Å². The van der Waals surface area contributed by atoms with Crippen LogP contribution in [0.4, 0.5) is 5.69 Å². The average Bonchev–Trinajstić information content (AvgIpc) is 3.13. The molecule has 1 aromatic heterocycles. The molecule has 1 atom stereocenters. The van der Waals surface area contributed by atoms with Crippen LogP contribution < -0.4 is 4.74 Å². The number of hydrogen-bond acceptors (Lipinski definition) is 7. The monoisotopic (exact) mass is 487 g/mol. The lowest BCUT2D eigenvalue weighted by Gasteiger charge is -2.25. The van der Waals surface area contributed by atoms with Gasteiger partial charge in [-0.1, -0.05) is 19.9 Å². The Morgan fingerprint density at radius 1 is 1.11 bits per heavy atom. The summed E-state index contributed by atoms with van der Waals surface area (Å²) >= 11 is 0. The number of aromatic nitrogens is 1. The number of carbonyl (C=O) groups excluding carboxylic acids is 2. The third kappa shape index (κ3) is 5.10. The van der Waals surface area contributed by atoms with Gasteiger partial charge in [-0.05, 0) is 59.5 Å². The molecule has 2 heterocycles. The Hall–Kier alpha value is -4.53. The quantitative estimate of drug-likeness (QED) is 0.161. The summed E-state index contributed by atoms with van der Waals surface area (Å²) in [5.41, 5.74) is 1.28. The summed E-state index contributed by atoms with van der Waals surface area (Å²) in [5, 5.41) is 22.3. The van der Waals surface area contributed by atoms with Crippen LogP contribution in [0.5, 0.6) is 5.75 Å². The molecule has 3 aromatic rings. The van der Waals surface area contributed by atoms with Gasteiger partial charge in [-0.15, -0.1) is 0 Å². The van der Waals surface area contributed by atoms with Crippen molar-refractivity contribution in [2.45, 2.75) is 26.4 Å². The van der Waals surface area contributed by atoms with Crippen molar-refractivity contribution in [2.24, 2.45) is 5.92 Å². The Labute approximate surface area is 207 Å². The fourth-order valence-electron chi connectivity index (χ4n) is 3.98. The van der Waals surface area contributed by atoms with E-state index in [1.807, 2.05) is 13.8 Å². The number of nitro groups is 1. The second-order valence-electron chi connectivity index (χ2n) is 8.87. The lowest BCUT2D eigenvalue weighted by atomic mass is 9.95. The van der Waals surface area contributed by atoms with Crippen molar-refractivity contribution in [2.75, 3.05) is 6.61 Å². The highest BCUT2D eigenvalue weighted by Gasteiger charge is 2.46. The third-order valence-corrected chi connectivity index (χ3v) is 5.75. The SMILES string of the molecule is CC(C)COc1ccc(/C(O)=C2\C(=O)C(=O)N(Cc3cccnc3)C2c2ccc([N+](=O)[O-])cc2)cc1. The molecule has 9 nitrogen and oxygen atoms in total. The van der Waals surface area contributed by atoms with E-state index < -0.39 is 22.7 Å². The van der Waals surface area contributed by atoms with E-state index >= 15 is 0 Å². The molecule has 9 heteroatoms. The van der Waals surface area contributed by atoms with E-state index in [4.69, 9.17) is 4.74 Å². The molecule has 0 radical (unpaired) electrons. The number of hydrogen-bond donors (Lipinski definition) is 1. The van der Waals surface area contributed by atoms with Gasteiger partial charge in [-0.3, -0.25) is 24.7 Å². The molecule has 2 aromatic carbocycles. The van der Waals surface area contributed by atoms with Gasteiger partial charge in [0.1, 0.15) is 11.5 Å². The van der Waals surface area contributed by atoms with Crippen LogP contribution in [0.3, 0.4) is 0 Å². The molecule has 1 fully saturated rings. The zero-order valence-corrected chi connectivity index (χ0v) is 19.8. The number of Topliss-reactive ketones (excluding diaryl/α,β-unsaturated/α-hetero) is 1. The van der Waals surface area contributed by atoms with Gasteiger partial charge in [0, 0.05) is 36.6 Å². The van der Waals surface area contributed by atoms with E-state index in [-0.39, 0.29) is 23.6 Å². The Morgan fingerprint density at radius 3 is 2.39 bits per heavy atom. The fourth-order valence-corrected chi connectivity index (χ4v) is 3.98. The number of rotatable bonds is 8. The van der Waals surface area contributed by atoms with Crippen molar-refractivity contribution in [3.63, 3.8) is 0 Å². The summed E-state index contributed by atoms with van der Waals surface area (Å²) in [7, 11) is 0. The summed E-state index contributed by atoms with van der Waals surface area (Å²) in [6.45, 7) is 4.66. The Bertz CT molecular complexity index is 1300. The van der Waals surface area contributed by atoms with Crippen LogP contribution in [0.15, 0.2) is 78.6 Å².